The summed E-state index contributed by atoms with van der Waals surface area (Å²) in [6.07, 6.45) is 0. The second-order valence-corrected chi connectivity index (χ2v) is 6.22. The lowest BCUT2D eigenvalue weighted by Gasteiger charge is -2.04. The number of hydrogen-bond acceptors (Lipinski definition) is 4. The Balaban J connectivity index is 2.05. The molecule has 2 aromatic heterocycles. The van der Waals surface area contributed by atoms with Crippen molar-refractivity contribution in [1.29, 1.82) is 0 Å². The lowest BCUT2D eigenvalue weighted by atomic mass is 10.1. The molecule has 1 aromatic carbocycles. The monoisotopic (exact) mass is 329 g/mol. The van der Waals surface area contributed by atoms with Crippen LogP contribution in [0.15, 0.2) is 24.3 Å². The van der Waals surface area contributed by atoms with Gasteiger partial charge in [-0.1, -0.05) is 23.5 Å². The number of carboxylic acids is 1. The number of fused-ring (bicyclic) bond motifs is 1. The van der Waals surface area contributed by atoms with E-state index in [1.165, 1.54) is 18.3 Å². The third-order valence-corrected chi connectivity index (χ3v) is 4.74. The predicted molar refractivity (Wildman–Crippen MR) is 89.2 cm³/mol. The van der Waals surface area contributed by atoms with Gasteiger partial charge in [0.1, 0.15) is 4.88 Å². The molecule has 7 heteroatoms. The Labute approximate surface area is 136 Å². The Kier molecular flexibility index (Phi) is 3.65. The lowest BCUT2D eigenvalue weighted by Crippen LogP contribution is -2.05. The summed E-state index contributed by atoms with van der Waals surface area (Å²) in [7, 11) is 0. The van der Waals surface area contributed by atoms with E-state index in [1.54, 1.807) is 6.92 Å². The molecule has 0 bridgehead atoms. The topological polar surface area (TPSA) is 83.7 Å². The smallest absolute Gasteiger partial charge is 0.347 e. The van der Waals surface area contributed by atoms with Crippen LogP contribution in [0.3, 0.4) is 0 Å². The highest BCUT2D eigenvalue weighted by atomic mass is 32.1. The van der Waals surface area contributed by atoms with Gasteiger partial charge in [-0.15, -0.1) is 0 Å². The minimum atomic E-state index is -0.932. The highest BCUT2D eigenvalue weighted by molar-refractivity contribution is 7.19. The summed E-state index contributed by atoms with van der Waals surface area (Å²) in [5.41, 5.74) is 4.04. The molecule has 0 saturated heterocycles. The first-order valence-corrected chi connectivity index (χ1v) is 7.80. The molecule has 0 aliphatic rings. The summed E-state index contributed by atoms with van der Waals surface area (Å²) in [6, 6.07) is 7.41. The van der Waals surface area contributed by atoms with Crippen LogP contribution in [0.1, 0.15) is 28.0 Å². The molecule has 0 radical (unpaired) electrons. The maximum atomic E-state index is 11.2. The number of imidazole rings is 1. The first kappa shape index (κ1) is 15.2. The second kappa shape index (κ2) is 5.51. The summed E-state index contributed by atoms with van der Waals surface area (Å²) >= 11 is 1.17. The van der Waals surface area contributed by atoms with Crippen molar-refractivity contribution in [2.75, 3.05) is 5.32 Å². The van der Waals surface area contributed by atoms with Crippen LogP contribution in [-0.2, 0) is 4.79 Å². The number of carbonyl (C=O) groups is 2. The van der Waals surface area contributed by atoms with Gasteiger partial charge in [-0.05, 0) is 26.0 Å². The zero-order valence-electron chi connectivity index (χ0n) is 12.9. The SMILES string of the molecule is CC(=O)Nc1ccc(-c2nc3sc(C(=O)O)c(C)n3c2C)cc1. The van der Waals surface area contributed by atoms with Gasteiger partial charge in [0, 0.05) is 29.6 Å². The quantitative estimate of drug-likeness (QED) is 0.772. The molecule has 0 unspecified atom stereocenters. The fourth-order valence-corrected chi connectivity index (χ4v) is 3.60. The third-order valence-electron chi connectivity index (χ3n) is 3.61. The highest BCUT2D eigenvalue weighted by Crippen LogP contribution is 2.31. The van der Waals surface area contributed by atoms with E-state index in [4.69, 9.17) is 0 Å². The van der Waals surface area contributed by atoms with Gasteiger partial charge in [0.05, 0.1) is 5.69 Å². The van der Waals surface area contributed by atoms with Gasteiger partial charge in [-0.2, -0.15) is 0 Å². The van der Waals surface area contributed by atoms with Crippen molar-refractivity contribution in [1.82, 2.24) is 9.38 Å². The van der Waals surface area contributed by atoms with Crippen LogP contribution in [0.2, 0.25) is 0 Å². The van der Waals surface area contributed by atoms with E-state index < -0.39 is 5.97 Å². The third kappa shape index (κ3) is 2.59. The van der Waals surface area contributed by atoms with Gasteiger partial charge in [0.15, 0.2) is 4.96 Å². The number of nitrogens with one attached hydrogen (secondary N) is 1. The number of nitrogens with zero attached hydrogens (tertiary/aromatic N) is 2. The van der Waals surface area contributed by atoms with Crippen molar-refractivity contribution >= 4 is 33.9 Å². The molecule has 0 fully saturated rings. The fourth-order valence-electron chi connectivity index (χ4n) is 2.59. The van der Waals surface area contributed by atoms with E-state index >= 15 is 0 Å². The molecule has 2 N–H and O–H groups in total. The number of hydrogen-bond donors (Lipinski definition) is 2. The van der Waals surface area contributed by atoms with Crippen LogP contribution in [0.5, 0.6) is 0 Å². The lowest BCUT2D eigenvalue weighted by molar-refractivity contribution is -0.114. The summed E-state index contributed by atoms with van der Waals surface area (Å²) < 4.78 is 1.87. The molecule has 1 amide bonds. The summed E-state index contributed by atoms with van der Waals surface area (Å²) in [5, 5.41) is 11.9. The molecule has 0 aliphatic carbocycles. The Morgan fingerprint density at radius 1 is 1.17 bits per heavy atom. The van der Waals surface area contributed by atoms with Crippen LogP contribution >= 0.6 is 11.3 Å². The number of anilines is 1. The first-order valence-electron chi connectivity index (χ1n) is 6.98. The van der Waals surface area contributed by atoms with Crippen molar-refractivity contribution in [3.05, 3.63) is 40.5 Å². The summed E-state index contributed by atoms with van der Waals surface area (Å²) in [6.45, 7) is 5.16. The van der Waals surface area contributed by atoms with Crippen LogP contribution in [0, 0.1) is 13.8 Å². The number of carboxylic acid groups (broad SMARTS) is 1. The normalized spacial score (nSPS) is 10.9. The molecule has 0 atom stereocenters. The largest absolute Gasteiger partial charge is 0.477 e. The maximum Gasteiger partial charge on any atom is 0.347 e. The van der Waals surface area contributed by atoms with Gasteiger partial charge < -0.3 is 10.4 Å². The molecule has 3 aromatic rings. The molecular weight excluding hydrogens is 314 g/mol. The number of rotatable bonds is 3. The number of amides is 1. The molecular formula is C16H15N3O3S. The zero-order chi connectivity index (χ0) is 16.7. The molecule has 6 nitrogen and oxygen atoms in total. The second-order valence-electron chi connectivity index (χ2n) is 5.24. The van der Waals surface area contributed by atoms with E-state index in [0.717, 1.165) is 22.6 Å². The number of benzene rings is 1. The summed E-state index contributed by atoms with van der Waals surface area (Å²) in [5.74, 6) is -1.05. The maximum absolute atomic E-state index is 11.2. The predicted octanol–water partition coefficient (Wildman–Crippen LogP) is 3.34. The van der Waals surface area contributed by atoms with Crippen molar-refractivity contribution in [2.45, 2.75) is 20.8 Å². The molecule has 2 heterocycles. The van der Waals surface area contributed by atoms with E-state index in [1.807, 2.05) is 35.6 Å². The van der Waals surface area contributed by atoms with Gasteiger partial charge >= 0.3 is 5.97 Å². The van der Waals surface area contributed by atoms with Crippen LogP contribution in [-0.4, -0.2) is 26.4 Å². The number of aromatic nitrogens is 2. The Hall–Kier alpha value is -2.67. The van der Waals surface area contributed by atoms with E-state index in [9.17, 15) is 14.7 Å². The summed E-state index contributed by atoms with van der Waals surface area (Å²) in [4.78, 5) is 27.8. The van der Waals surface area contributed by atoms with Gasteiger partial charge in [-0.25, -0.2) is 9.78 Å². The van der Waals surface area contributed by atoms with Crippen LogP contribution in [0.4, 0.5) is 5.69 Å². The van der Waals surface area contributed by atoms with Crippen molar-refractivity contribution in [2.24, 2.45) is 0 Å². The average molecular weight is 329 g/mol. The zero-order valence-corrected chi connectivity index (χ0v) is 13.7. The van der Waals surface area contributed by atoms with E-state index in [2.05, 4.69) is 10.3 Å². The van der Waals surface area contributed by atoms with Crippen LogP contribution in [0.25, 0.3) is 16.2 Å². The Morgan fingerprint density at radius 2 is 1.83 bits per heavy atom. The first-order chi connectivity index (χ1) is 10.9. The van der Waals surface area contributed by atoms with Gasteiger partial charge in [-0.3, -0.25) is 9.20 Å². The molecule has 0 aliphatic heterocycles. The Morgan fingerprint density at radius 3 is 2.35 bits per heavy atom. The molecule has 3 rings (SSSR count). The molecule has 0 saturated carbocycles. The highest BCUT2D eigenvalue weighted by Gasteiger charge is 2.20. The van der Waals surface area contributed by atoms with E-state index in [-0.39, 0.29) is 5.91 Å². The van der Waals surface area contributed by atoms with Crippen LogP contribution < -0.4 is 5.32 Å². The van der Waals surface area contributed by atoms with Crippen molar-refractivity contribution in [3.8, 4) is 11.3 Å². The van der Waals surface area contributed by atoms with E-state index in [0.29, 0.717) is 15.5 Å². The average Bonchev–Trinajstić information content (AvgIpc) is 2.97. The standard InChI is InChI=1S/C16H15N3O3S/c1-8-13(11-4-6-12(7-5-11)17-10(3)20)18-16-19(8)9(2)14(23-16)15(21)22/h4-7H,1-3H3,(H,17,20)(H,21,22). The minimum absolute atomic E-state index is 0.117. The number of thiazole rings is 1. The Bertz CT molecular complexity index is 922. The molecule has 118 valence electrons. The van der Waals surface area contributed by atoms with Crippen molar-refractivity contribution in [3.63, 3.8) is 0 Å². The van der Waals surface area contributed by atoms with Gasteiger partial charge in [0.25, 0.3) is 0 Å². The molecule has 0 spiro atoms. The van der Waals surface area contributed by atoms with Crippen molar-refractivity contribution < 1.29 is 14.7 Å². The number of aromatic carboxylic acids is 1. The number of aryl methyl sites for hydroxylation is 2. The minimum Gasteiger partial charge on any atom is -0.477 e. The molecule has 23 heavy (non-hydrogen) atoms. The number of carbonyl (C=O) groups excluding carboxylic acids is 1. The van der Waals surface area contributed by atoms with Gasteiger partial charge in [0.2, 0.25) is 5.91 Å². The fraction of sp³-hybridized carbons (Fsp3) is 0.188.